The summed E-state index contributed by atoms with van der Waals surface area (Å²) in [6.45, 7) is 1.71. The van der Waals surface area contributed by atoms with Gasteiger partial charge >= 0.3 is 0 Å². The summed E-state index contributed by atoms with van der Waals surface area (Å²) in [5, 5.41) is 13.6. The number of carbonyl (C=O) groups is 1. The summed E-state index contributed by atoms with van der Waals surface area (Å²) in [5.41, 5.74) is 6.28. The van der Waals surface area contributed by atoms with Gasteiger partial charge in [-0.2, -0.15) is 0 Å². The number of carbonyl (C=O) groups excluding carboxylic acids is 1. The number of nitro benzene ring substituents is 1. The van der Waals surface area contributed by atoms with Gasteiger partial charge in [0.2, 0.25) is 10.0 Å². The number of sulfonamides is 1. The molecule has 0 aliphatic rings. The van der Waals surface area contributed by atoms with E-state index in [1.165, 1.54) is 12.1 Å². The number of nitrogens with two attached hydrogens (primary N) is 1. The third-order valence-corrected chi connectivity index (χ3v) is 4.13. The molecule has 1 atom stereocenters. The zero-order valence-electron chi connectivity index (χ0n) is 14.1. The van der Waals surface area contributed by atoms with Crippen molar-refractivity contribution in [1.29, 1.82) is 0 Å². The molecule has 2 aromatic carbocycles. The first-order valence-corrected chi connectivity index (χ1v) is 9.38. The zero-order valence-corrected chi connectivity index (χ0v) is 14.9. The Morgan fingerprint density at radius 3 is 2.54 bits per heavy atom. The predicted molar refractivity (Wildman–Crippen MR) is 98.3 cm³/mol. The monoisotopic (exact) mass is 378 g/mol. The Bertz CT molecular complexity index is 959. The summed E-state index contributed by atoms with van der Waals surface area (Å²) in [6, 6.07) is 9.91. The molecule has 2 rings (SSSR count). The van der Waals surface area contributed by atoms with Crippen molar-refractivity contribution < 1.29 is 18.1 Å². The van der Waals surface area contributed by atoms with Crippen LogP contribution in [0.25, 0.3) is 0 Å². The lowest BCUT2D eigenvalue weighted by molar-refractivity contribution is -0.383. The van der Waals surface area contributed by atoms with E-state index in [0.29, 0.717) is 11.3 Å². The van der Waals surface area contributed by atoms with Crippen molar-refractivity contribution in [1.82, 2.24) is 5.32 Å². The zero-order chi connectivity index (χ0) is 19.5. The molecule has 0 aromatic heterocycles. The molecule has 9 nitrogen and oxygen atoms in total. The molecule has 0 spiro atoms. The fraction of sp³-hybridized carbons (Fsp3) is 0.188. The van der Waals surface area contributed by atoms with Crippen molar-refractivity contribution in [2.24, 2.45) is 0 Å². The lowest BCUT2D eigenvalue weighted by atomic mass is 10.1. The van der Waals surface area contributed by atoms with E-state index in [0.717, 1.165) is 12.3 Å². The standard InChI is InChI=1S/C16H18N4O5S/c1-10(11-4-3-5-13(8-11)19-26(2,24)25)18-16(21)12-6-7-14(17)15(9-12)20(22)23/h3-10,19H,17H2,1-2H3,(H,18,21). The van der Waals surface area contributed by atoms with Crippen LogP contribution in [0.15, 0.2) is 42.5 Å². The second kappa shape index (κ2) is 7.40. The number of benzene rings is 2. The second-order valence-corrected chi connectivity index (χ2v) is 7.47. The van der Waals surface area contributed by atoms with Crippen LogP contribution < -0.4 is 15.8 Å². The van der Waals surface area contributed by atoms with E-state index in [4.69, 9.17) is 5.73 Å². The number of anilines is 2. The number of rotatable bonds is 6. The predicted octanol–water partition coefficient (Wildman–Crippen LogP) is 2.04. The highest BCUT2D eigenvalue weighted by Gasteiger charge is 2.17. The van der Waals surface area contributed by atoms with Crippen LogP contribution in [0.3, 0.4) is 0 Å². The van der Waals surface area contributed by atoms with Crippen LogP contribution in [-0.4, -0.2) is 25.5 Å². The number of nitro groups is 1. The van der Waals surface area contributed by atoms with Crippen LogP contribution in [0.1, 0.15) is 28.9 Å². The topological polar surface area (TPSA) is 144 Å². The van der Waals surface area contributed by atoms with Gasteiger partial charge in [0.1, 0.15) is 5.69 Å². The third-order valence-electron chi connectivity index (χ3n) is 3.53. The fourth-order valence-electron chi connectivity index (χ4n) is 2.29. The fourth-order valence-corrected chi connectivity index (χ4v) is 2.85. The molecule has 0 heterocycles. The Kier molecular flexibility index (Phi) is 5.46. The Morgan fingerprint density at radius 1 is 1.23 bits per heavy atom. The SMILES string of the molecule is CC(NC(=O)c1ccc(N)c([N+](=O)[O-])c1)c1cccc(NS(C)(=O)=O)c1. The van der Waals surface area contributed by atoms with Gasteiger partial charge in [0.25, 0.3) is 11.6 Å². The van der Waals surface area contributed by atoms with E-state index >= 15 is 0 Å². The quantitative estimate of drug-likeness (QED) is 0.398. The van der Waals surface area contributed by atoms with Gasteiger partial charge in [0, 0.05) is 17.3 Å². The maximum atomic E-state index is 12.3. The van der Waals surface area contributed by atoms with Gasteiger partial charge in [-0.3, -0.25) is 19.6 Å². The minimum absolute atomic E-state index is 0.0286. The summed E-state index contributed by atoms with van der Waals surface area (Å²) >= 11 is 0. The molecular formula is C16H18N4O5S. The van der Waals surface area contributed by atoms with E-state index in [1.807, 2.05) is 0 Å². The molecule has 0 aliphatic heterocycles. The first-order valence-electron chi connectivity index (χ1n) is 7.49. The van der Waals surface area contributed by atoms with Crippen molar-refractivity contribution in [2.45, 2.75) is 13.0 Å². The van der Waals surface area contributed by atoms with Crippen molar-refractivity contribution in [3.05, 3.63) is 63.7 Å². The lowest BCUT2D eigenvalue weighted by Crippen LogP contribution is -2.26. The minimum Gasteiger partial charge on any atom is -0.393 e. The smallest absolute Gasteiger partial charge is 0.292 e. The number of amides is 1. The molecule has 4 N–H and O–H groups in total. The van der Waals surface area contributed by atoms with Gasteiger partial charge in [0.05, 0.1) is 17.2 Å². The lowest BCUT2D eigenvalue weighted by Gasteiger charge is -2.16. The molecule has 26 heavy (non-hydrogen) atoms. The molecule has 138 valence electrons. The van der Waals surface area contributed by atoms with Crippen LogP contribution in [-0.2, 0) is 10.0 Å². The van der Waals surface area contributed by atoms with Crippen LogP contribution >= 0.6 is 0 Å². The Labute approximate surface area is 150 Å². The summed E-state index contributed by atoms with van der Waals surface area (Å²) in [7, 11) is -3.42. The largest absolute Gasteiger partial charge is 0.393 e. The Balaban J connectivity index is 2.18. The van der Waals surface area contributed by atoms with E-state index < -0.39 is 26.9 Å². The molecule has 10 heteroatoms. The Morgan fingerprint density at radius 2 is 1.92 bits per heavy atom. The average Bonchev–Trinajstić information content (AvgIpc) is 2.53. The van der Waals surface area contributed by atoms with Crippen LogP contribution in [0.5, 0.6) is 0 Å². The van der Waals surface area contributed by atoms with Crippen molar-refractivity contribution in [3.8, 4) is 0 Å². The number of hydrogen-bond acceptors (Lipinski definition) is 6. The molecule has 0 fully saturated rings. The molecular weight excluding hydrogens is 360 g/mol. The average molecular weight is 378 g/mol. The van der Waals surface area contributed by atoms with Crippen molar-refractivity contribution >= 4 is 33.0 Å². The van der Waals surface area contributed by atoms with Crippen LogP contribution in [0, 0.1) is 10.1 Å². The van der Waals surface area contributed by atoms with Crippen molar-refractivity contribution in [2.75, 3.05) is 16.7 Å². The highest BCUT2D eigenvalue weighted by Crippen LogP contribution is 2.23. The molecule has 0 saturated heterocycles. The van der Waals surface area contributed by atoms with Gasteiger partial charge in [-0.1, -0.05) is 12.1 Å². The van der Waals surface area contributed by atoms with E-state index in [9.17, 15) is 23.3 Å². The molecule has 2 aromatic rings. The van der Waals surface area contributed by atoms with Gasteiger partial charge < -0.3 is 11.1 Å². The number of nitrogens with zero attached hydrogens (tertiary/aromatic N) is 1. The van der Waals surface area contributed by atoms with E-state index in [2.05, 4.69) is 10.0 Å². The molecule has 0 aliphatic carbocycles. The molecule has 1 unspecified atom stereocenters. The summed E-state index contributed by atoms with van der Waals surface area (Å²) in [6.07, 6.45) is 1.04. The second-order valence-electron chi connectivity index (χ2n) is 5.73. The number of nitrogen functional groups attached to an aromatic ring is 1. The summed E-state index contributed by atoms with van der Waals surface area (Å²) in [5.74, 6) is -0.512. The van der Waals surface area contributed by atoms with Crippen molar-refractivity contribution in [3.63, 3.8) is 0 Å². The highest BCUT2D eigenvalue weighted by molar-refractivity contribution is 7.92. The minimum atomic E-state index is -3.42. The first-order chi connectivity index (χ1) is 12.1. The summed E-state index contributed by atoms with van der Waals surface area (Å²) in [4.78, 5) is 22.6. The molecule has 0 radical (unpaired) electrons. The highest BCUT2D eigenvalue weighted by atomic mass is 32.2. The number of hydrogen-bond donors (Lipinski definition) is 3. The Hall–Kier alpha value is -3.14. The summed E-state index contributed by atoms with van der Waals surface area (Å²) < 4.78 is 25.0. The molecule has 0 saturated carbocycles. The van der Waals surface area contributed by atoms with Crippen LogP contribution in [0.2, 0.25) is 0 Å². The van der Waals surface area contributed by atoms with Gasteiger partial charge in [-0.15, -0.1) is 0 Å². The van der Waals surface area contributed by atoms with Gasteiger partial charge in [0.15, 0.2) is 0 Å². The molecule has 0 bridgehead atoms. The van der Waals surface area contributed by atoms with Gasteiger partial charge in [-0.05, 0) is 36.8 Å². The van der Waals surface area contributed by atoms with Crippen LogP contribution in [0.4, 0.5) is 17.1 Å². The number of nitrogens with one attached hydrogen (secondary N) is 2. The maximum absolute atomic E-state index is 12.3. The molecule has 1 amide bonds. The van der Waals surface area contributed by atoms with E-state index in [1.54, 1.807) is 31.2 Å². The first kappa shape index (κ1) is 19.2. The van der Waals surface area contributed by atoms with E-state index in [-0.39, 0.29) is 16.9 Å². The third kappa shape index (κ3) is 4.93. The maximum Gasteiger partial charge on any atom is 0.292 e. The van der Waals surface area contributed by atoms with Gasteiger partial charge in [-0.25, -0.2) is 8.42 Å². The normalized spacial score (nSPS) is 12.2.